The number of allylic oxidation sites excluding steroid dienone is 2. The van der Waals surface area contributed by atoms with Crippen LogP contribution in [0.1, 0.15) is 28.6 Å². The van der Waals surface area contributed by atoms with Gasteiger partial charge in [-0.3, -0.25) is 9.59 Å². The van der Waals surface area contributed by atoms with Crippen LogP contribution in [-0.2, 0) is 14.3 Å². The first-order chi connectivity index (χ1) is 11.4. The summed E-state index contributed by atoms with van der Waals surface area (Å²) < 4.78 is 4.99. The Labute approximate surface area is 143 Å². The molecule has 1 saturated carbocycles. The number of thiophene rings is 1. The third kappa shape index (κ3) is 2.84. The molecule has 0 radical (unpaired) electrons. The Kier molecular flexibility index (Phi) is 4.45. The SMILES string of the molecule is CCOC(=O)c1sc(NC(=O)C2C3C=CC(C3)C2C(=O)O)cc1C. The summed E-state index contributed by atoms with van der Waals surface area (Å²) in [6.45, 7) is 3.80. The number of carbonyl (C=O) groups is 3. The predicted molar refractivity (Wildman–Crippen MR) is 89.0 cm³/mol. The average molecular weight is 349 g/mol. The zero-order valence-corrected chi connectivity index (χ0v) is 14.3. The summed E-state index contributed by atoms with van der Waals surface area (Å²) in [5, 5.41) is 12.8. The van der Waals surface area contributed by atoms with Gasteiger partial charge >= 0.3 is 11.9 Å². The molecule has 1 aromatic heterocycles. The lowest BCUT2D eigenvalue weighted by molar-refractivity contribution is -0.146. The highest BCUT2D eigenvalue weighted by Crippen LogP contribution is 2.48. The summed E-state index contributed by atoms with van der Waals surface area (Å²) in [5.74, 6) is -2.97. The lowest BCUT2D eigenvalue weighted by atomic mass is 9.82. The van der Waals surface area contributed by atoms with Crippen molar-refractivity contribution in [1.82, 2.24) is 0 Å². The largest absolute Gasteiger partial charge is 0.481 e. The molecule has 24 heavy (non-hydrogen) atoms. The van der Waals surface area contributed by atoms with Crippen LogP contribution in [-0.4, -0.2) is 29.6 Å². The van der Waals surface area contributed by atoms with E-state index < -0.39 is 23.8 Å². The molecule has 3 rings (SSSR count). The normalized spacial score (nSPS) is 27.2. The van der Waals surface area contributed by atoms with Crippen molar-refractivity contribution in [2.75, 3.05) is 11.9 Å². The molecule has 2 aliphatic rings. The van der Waals surface area contributed by atoms with E-state index in [4.69, 9.17) is 4.74 Å². The number of hydrogen-bond donors (Lipinski definition) is 2. The maximum Gasteiger partial charge on any atom is 0.348 e. The van der Waals surface area contributed by atoms with Gasteiger partial charge in [-0.25, -0.2) is 4.79 Å². The van der Waals surface area contributed by atoms with Gasteiger partial charge in [-0.1, -0.05) is 12.2 Å². The van der Waals surface area contributed by atoms with Crippen LogP contribution in [0, 0.1) is 30.6 Å². The topological polar surface area (TPSA) is 92.7 Å². The number of anilines is 1. The van der Waals surface area contributed by atoms with Crippen molar-refractivity contribution in [3.8, 4) is 0 Å². The van der Waals surface area contributed by atoms with Crippen LogP contribution in [0.2, 0.25) is 0 Å². The third-order valence-corrected chi connectivity index (χ3v) is 5.80. The molecule has 1 fully saturated rings. The van der Waals surface area contributed by atoms with Gasteiger partial charge in [0, 0.05) is 0 Å². The second kappa shape index (κ2) is 6.39. The van der Waals surface area contributed by atoms with Crippen LogP contribution in [0.3, 0.4) is 0 Å². The molecule has 1 amide bonds. The van der Waals surface area contributed by atoms with E-state index in [0.717, 1.165) is 16.9 Å². The number of carboxylic acids is 1. The van der Waals surface area contributed by atoms with E-state index in [0.29, 0.717) is 16.3 Å². The minimum absolute atomic E-state index is 0.0262. The summed E-state index contributed by atoms with van der Waals surface area (Å²) in [5.41, 5.74) is 0.733. The van der Waals surface area contributed by atoms with E-state index in [2.05, 4.69) is 5.32 Å². The van der Waals surface area contributed by atoms with E-state index >= 15 is 0 Å². The predicted octanol–water partition coefficient (Wildman–Crippen LogP) is 2.69. The standard InChI is InChI=1S/C17H19NO5S/c1-3-23-17(22)14-8(2)6-11(24-14)18-15(19)12-9-4-5-10(7-9)13(12)16(20)21/h4-6,9-10,12-13H,3,7H2,1-2H3,(H,18,19)(H,20,21). The molecule has 2 N–H and O–H groups in total. The Morgan fingerprint density at radius 1 is 1.29 bits per heavy atom. The Morgan fingerprint density at radius 3 is 2.58 bits per heavy atom. The van der Waals surface area contributed by atoms with Crippen LogP contribution in [0.15, 0.2) is 18.2 Å². The molecule has 1 heterocycles. The fraction of sp³-hybridized carbons (Fsp3) is 0.471. The number of rotatable bonds is 5. The van der Waals surface area contributed by atoms with Gasteiger partial charge in [0.25, 0.3) is 0 Å². The summed E-state index contributed by atoms with van der Waals surface area (Å²) in [6, 6.07) is 1.72. The van der Waals surface area contributed by atoms with Gasteiger partial charge in [0.15, 0.2) is 0 Å². The fourth-order valence-corrected chi connectivity index (χ4v) is 4.63. The monoisotopic (exact) mass is 349 g/mol. The number of nitrogens with one attached hydrogen (secondary N) is 1. The number of esters is 1. The van der Waals surface area contributed by atoms with Crippen LogP contribution in [0.5, 0.6) is 0 Å². The first-order valence-corrected chi connectivity index (χ1v) is 8.73. The van der Waals surface area contributed by atoms with E-state index in [1.807, 2.05) is 12.2 Å². The maximum atomic E-state index is 12.6. The van der Waals surface area contributed by atoms with E-state index in [-0.39, 0.29) is 24.3 Å². The molecule has 1 aromatic rings. The van der Waals surface area contributed by atoms with Gasteiger partial charge in [-0.05, 0) is 43.7 Å². The highest BCUT2D eigenvalue weighted by atomic mass is 32.1. The molecule has 128 valence electrons. The number of fused-ring (bicyclic) bond motifs is 2. The summed E-state index contributed by atoms with van der Waals surface area (Å²) in [6.07, 6.45) is 4.56. The van der Waals surface area contributed by atoms with Gasteiger partial charge < -0.3 is 15.2 Å². The Bertz CT molecular complexity index is 723. The number of aryl methyl sites for hydroxylation is 1. The van der Waals surface area contributed by atoms with Crippen LogP contribution < -0.4 is 5.32 Å². The lowest BCUT2D eigenvalue weighted by Gasteiger charge is -2.23. The van der Waals surface area contributed by atoms with Crippen molar-refractivity contribution in [2.24, 2.45) is 23.7 Å². The number of amides is 1. The van der Waals surface area contributed by atoms with Crippen LogP contribution >= 0.6 is 11.3 Å². The van der Waals surface area contributed by atoms with Crippen molar-refractivity contribution in [3.05, 3.63) is 28.7 Å². The van der Waals surface area contributed by atoms with Gasteiger partial charge in [-0.15, -0.1) is 11.3 Å². The molecule has 7 heteroatoms. The first-order valence-electron chi connectivity index (χ1n) is 7.92. The van der Waals surface area contributed by atoms with E-state index in [1.165, 1.54) is 0 Å². The quantitative estimate of drug-likeness (QED) is 0.630. The van der Waals surface area contributed by atoms with Gasteiger partial charge in [-0.2, -0.15) is 0 Å². The van der Waals surface area contributed by atoms with E-state index in [9.17, 15) is 19.5 Å². The van der Waals surface area contributed by atoms with Gasteiger partial charge in [0.05, 0.1) is 23.4 Å². The highest BCUT2D eigenvalue weighted by Gasteiger charge is 2.51. The second-order valence-electron chi connectivity index (χ2n) is 6.17. The summed E-state index contributed by atoms with van der Waals surface area (Å²) >= 11 is 1.15. The molecule has 0 aromatic carbocycles. The molecule has 0 aliphatic heterocycles. The van der Waals surface area contributed by atoms with Gasteiger partial charge in [0.1, 0.15) is 4.88 Å². The molecule has 0 saturated heterocycles. The summed E-state index contributed by atoms with van der Waals surface area (Å²) in [7, 11) is 0. The molecular formula is C17H19NO5S. The summed E-state index contributed by atoms with van der Waals surface area (Å²) in [4.78, 5) is 36.4. The number of hydrogen-bond acceptors (Lipinski definition) is 5. The van der Waals surface area contributed by atoms with Crippen molar-refractivity contribution in [2.45, 2.75) is 20.3 Å². The van der Waals surface area contributed by atoms with Crippen molar-refractivity contribution in [1.29, 1.82) is 0 Å². The number of carbonyl (C=O) groups excluding carboxylic acids is 2. The molecule has 6 nitrogen and oxygen atoms in total. The minimum Gasteiger partial charge on any atom is -0.481 e. The number of carboxylic acid groups (broad SMARTS) is 1. The number of aliphatic carboxylic acids is 1. The molecule has 2 aliphatic carbocycles. The Balaban J connectivity index is 1.76. The Hall–Kier alpha value is -2.15. The van der Waals surface area contributed by atoms with Crippen molar-refractivity contribution in [3.63, 3.8) is 0 Å². The maximum absolute atomic E-state index is 12.6. The number of ether oxygens (including phenoxy) is 1. The average Bonchev–Trinajstić information content (AvgIpc) is 3.20. The molecule has 4 atom stereocenters. The minimum atomic E-state index is -0.929. The highest BCUT2D eigenvalue weighted by molar-refractivity contribution is 7.18. The zero-order chi connectivity index (χ0) is 17.4. The fourth-order valence-electron chi connectivity index (χ4n) is 3.66. The second-order valence-corrected chi connectivity index (χ2v) is 7.22. The van der Waals surface area contributed by atoms with Crippen molar-refractivity contribution < 1.29 is 24.2 Å². The van der Waals surface area contributed by atoms with Crippen LogP contribution in [0.25, 0.3) is 0 Å². The molecule has 0 spiro atoms. The third-order valence-electron chi connectivity index (χ3n) is 4.67. The molecular weight excluding hydrogens is 330 g/mol. The molecule has 2 bridgehead atoms. The first kappa shape index (κ1) is 16.7. The smallest absolute Gasteiger partial charge is 0.348 e. The van der Waals surface area contributed by atoms with Crippen LogP contribution in [0.4, 0.5) is 5.00 Å². The van der Waals surface area contributed by atoms with Gasteiger partial charge in [0.2, 0.25) is 5.91 Å². The zero-order valence-electron chi connectivity index (χ0n) is 13.4. The molecule has 4 unspecified atom stereocenters. The lowest BCUT2D eigenvalue weighted by Crippen LogP contribution is -2.36. The van der Waals surface area contributed by atoms with E-state index in [1.54, 1.807) is 19.9 Å². The Morgan fingerprint density at radius 2 is 1.96 bits per heavy atom. The van der Waals surface area contributed by atoms with Crippen molar-refractivity contribution >= 4 is 34.2 Å².